The molecular weight excluding hydrogens is 366 g/mol. The highest BCUT2D eigenvalue weighted by Crippen LogP contribution is 2.37. The molecule has 164 valence electrons. The molecule has 0 bridgehead atoms. The minimum absolute atomic E-state index is 0.657. The van der Waals surface area contributed by atoms with Crippen molar-refractivity contribution < 1.29 is 4.74 Å². The van der Waals surface area contributed by atoms with Gasteiger partial charge in [0.1, 0.15) is 5.75 Å². The van der Waals surface area contributed by atoms with Crippen LogP contribution in [0, 0.1) is 5.92 Å². The molecule has 2 nitrogen and oxygen atoms in total. The second-order valence-corrected chi connectivity index (χ2v) is 9.12. The molecule has 0 spiro atoms. The molecule has 1 aromatic heterocycles. The number of pyridine rings is 1. The molecular formula is C28H41NO. The number of ether oxygens (including phenoxy) is 1. The third-order valence-electron chi connectivity index (χ3n) is 6.68. The number of hydrogen-bond acceptors (Lipinski definition) is 2. The van der Waals surface area contributed by atoms with Gasteiger partial charge in [-0.2, -0.15) is 0 Å². The zero-order valence-corrected chi connectivity index (χ0v) is 19.2. The maximum atomic E-state index is 5.68. The van der Waals surface area contributed by atoms with E-state index in [1.807, 2.05) is 0 Å². The lowest BCUT2D eigenvalue weighted by atomic mass is 9.78. The second-order valence-electron chi connectivity index (χ2n) is 9.12. The van der Waals surface area contributed by atoms with Gasteiger partial charge in [0.2, 0.25) is 0 Å². The predicted octanol–water partition coefficient (Wildman–Crippen LogP) is 8.56. The van der Waals surface area contributed by atoms with Crippen LogP contribution in [0.1, 0.15) is 103 Å². The summed E-state index contributed by atoms with van der Waals surface area (Å²) < 4.78 is 5.68. The summed E-state index contributed by atoms with van der Waals surface area (Å²) in [5, 5.41) is 0. The SMILES string of the molecule is CCCCCCCCC1CCC(c2ccc(-c3ccc(OCCC)cc3)cn2)CC1. The van der Waals surface area contributed by atoms with Gasteiger partial charge in [0.15, 0.2) is 0 Å². The number of hydrogen-bond donors (Lipinski definition) is 0. The van der Waals surface area contributed by atoms with Crippen LogP contribution in [0.3, 0.4) is 0 Å². The Hall–Kier alpha value is -1.83. The van der Waals surface area contributed by atoms with Crippen molar-refractivity contribution in [2.24, 2.45) is 5.92 Å². The zero-order valence-electron chi connectivity index (χ0n) is 19.2. The maximum Gasteiger partial charge on any atom is 0.119 e. The van der Waals surface area contributed by atoms with Gasteiger partial charge in [-0.05, 0) is 61.8 Å². The van der Waals surface area contributed by atoms with Crippen molar-refractivity contribution in [3.8, 4) is 16.9 Å². The molecule has 0 unspecified atom stereocenters. The van der Waals surface area contributed by atoms with Crippen LogP contribution >= 0.6 is 0 Å². The van der Waals surface area contributed by atoms with E-state index >= 15 is 0 Å². The standard InChI is InChI=1S/C28H41NO/c1-3-5-6-7-8-9-10-23-11-13-25(14-12-23)28-20-17-26(22-29-28)24-15-18-27(19-16-24)30-21-4-2/h15-20,22-23,25H,3-14,21H2,1-2H3. The van der Waals surface area contributed by atoms with Crippen LogP contribution in [0.15, 0.2) is 42.6 Å². The van der Waals surface area contributed by atoms with Gasteiger partial charge >= 0.3 is 0 Å². The van der Waals surface area contributed by atoms with Crippen LogP contribution in [0.5, 0.6) is 5.75 Å². The molecule has 2 heteroatoms. The van der Waals surface area contributed by atoms with E-state index in [-0.39, 0.29) is 0 Å². The van der Waals surface area contributed by atoms with Gasteiger partial charge in [-0.1, -0.05) is 77.0 Å². The molecule has 1 saturated carbocycles. The fourth-order valence-electron chi connectivity index (χ4n) is 4.74. The molecule has 0 amide bonds. The molecule has 0 aliphatic heterocycles. The predicted molar refractivity (Wildman–Crippen MR) is 128 cm³/mol. The summed E-state index contributed by atoms with van der Waals surface area (Å²) in [5.74, 6) is 2.56. The van der Waals surface area contributed by atoms with Crippen LogP contribution in [0.25, 0.3) is 11.1 Å². The highest BCUT2D eigenvalue weighted by atomic mass is 16.5. The van der Waals surface area contributed by atoms with E-state index < -0.39 is 0 Å². The molecule has 0 saturated heterocycles. The van der Waals surface area contributed by atoms with Crippen molar-refractivity contribution in [1.82, 2.24) is 4.98 Å². The number of rotatable bonds is 12. The first-order valence-corrected chi connectivity index (χ1v) is 12.5. The maximum absolute atomic E-state index is 5.68. The Labute approximate surface area is 184 Å². The van der Waals surface area contributed by atoms with Gasteiger partial charge in [-0.3, -0.25) is 4.98 Å². The average Bonchev–Trinajstić information content (AvgIpc) is 2.81. The van der Waals surface area contributed by atoms with Crippen LogP contribution in [0.4, 0.5) is 0 Å². The molecule has 1 aliphatic carbocycles. The van der Waals surface area contributed by atoms with Crippen LogP contribution < -0.4 is 4.74 Å². The fraction of sp³-hybridized carbons (Fsp3) is 0.607. The van der Waals surface area contributed by atoms with Gasteiger partial charge in [0.25, 0.3) is 0 Å². The minimum Gasteiger partial charge on any atom is -0.494 e. The van der Waals surface area contributed by atoms with E-state index in [1.165, 1.54) is 87.4 Å². The first-order valence-electron chi connectivity index (χ1n) is 12.5. The van der Waals surface area contributed by atoms with Crippen LogP contribution in [0.2, 0.25) is 0 Å². The summed E-state index contributed by atoms with van der Waals surface area (Å²) in [5.41, 5.74) is 3.69. The molecule has 1 fully saturated rings. The minimum atomic E-state index is 0.657. The lowest BCUT2D eigenvalue weighted by Gasteiger charge is -2.28. The van der Waals surface area contributed by atoms with Crippen molar-refractivity contribution >= 4 is 0 Å². The van der Waals surface area contributed by atoms with Gasteiger partial charge in [-0.15, -0.1) is 0 Å². The third-order valence-corrected chi connectivity index (χ3v) is 6.68. The Balaban J connectivity index is 1.42. The first-order chi connectivity index (χ1) is 14.8. The number of unbranched alkanes of at least 4 members (excludes halogenated alkanes) is 5. The molecule has 30 heavy (non-hydrogen) atoms. The Morgan fingerprint density at radius 3 is 2.13 bits per heavy atom. The highest BCUT2D eigenvalue weighted by molar-refractivity contribution is 5.63. The summed E-state index contributed by atoms with van der Waals surface area (Å²) in [7, 11) is 0. The average molecular weight is 408 g/mol. The number of nitrogens with zero attached hydrogens (tertiary/aromatic N) is 1. The van der Waals surface area contributed by atoms with Gasteiger partial charge in [-0.25, -0.2) is 0 Å². The molecule has 0 N–H and O–H groups in total. The molecule has 0 radical (unpaired) electrons. The second kappa shape index (κ2) is 12.8. The Morgan fingerprint density at radius 1 is 0.767 bits per heavy atom. The van der Waals surface area contributed by atoms with E-state index in [9.17, 15) is 0 Å². The van der Waals surface area contributed by atoms with Crippen molar-refractivity contribution in [1.29, 1.82) is 0 Å². The van der Waals surface area contributed by atoms with Gasteiger partial charge in [0.05, 0.1) is 6.61 Å². The Bertz CT molecular complexity index is 698. The summed E-state index contributed by atoms with van der Waals surface area (Å²) in [6.07, 6.45) is 18.5. The molecule has 1 aromatic carbocycles. The van der Waals surface area contributed by atoms with Crippen LogP contribution in [-0.2, 0) is 0 Å². The van der Waals surface area contributed by atoms with Crippen molar-refractivity contribution in [2.45, 2.75) is 96.8 Å². The lowest BCUT2D eigenvalue weighted by Crippen LogP contribution is -2.14. The normalized spacial score (nSPS) is 19.0. The highest BCUT2D eigenvalue weighted by Gasteiger charge is 2.22. The lowest BCUT2D eigenvalue weighted by molar-refractivity contribution is 0.299. The molecule has 0 atom stereocenters. The summed E-state index contributed by atoms with van der Waals surface area (Å²) in [6.45, 7) is 5.20. The first kappa shape index (κ1) is 22.8. The number of benzene rings is 1. The Morgan fingerprint density at radius 2 is 1.47 bits per heavy atom. The van der Waals surface area contributed by atoms with Gasteiger partial charge in [0, 0.05) is 23.4 Å². The molecule has 1 heterocycles. The van der Waals surface area contributed by atoms with E-state index in [1.54, 1.807) is 0 Å². The van der Waals surface area contributed by atoms with Crippen LogP contribution in [-0.4, -0.2) is 11.6 Å². The number of aromatic nitrogens is 1. The summed E-state index contributed by atoms with van der Waals surface area (Å²) >= 11 is 0. The molecule has 3 rings (SSSR count). The topological polar surface area (TPSA) is 22.1 Å². The largest absolute Gasteiger partial charge is 0.494 e. The smallest absolute Gasteiger partial charge is 0.119 e. The van der Waals surface area contributed by atoms with Gasteiger partial charge < -0.3 is 4.74 Å². The van der Waals surface area contributed by atoms with Crippen molar-refractivity contribution in [3.63, 3.8) is 0 Å². The quantitative estimate of drug-likeness (QED) is 0.329. The van der Waals surface area contributed by atoms with E-state index in [0.717, 1.165) is 24.7 Å². The Kier molecular flexibility index (Phi) is 9.73. The van der Waals surface area contributed by atoms with E-state index in [4.69, 9.17) is 9.72 Å². The summed E-state index contributed by atoms with van der Waals surface area (Å²) in [6, 6.07) is 12.9. The molecule has 1 aliphatic rings. The third kappa shape index (κ3) is 7.15. The van der Waals surface area contributed by atoms with E-state index in [0.29, 0.717) is 5.92 Å². The fourth-order valence-corrected chi connectivity index (χ4v) is 4.74. The van der Waals surface area contributed by atoms with E-state index in [2.05, 4.69) is 56.4 Å². The zero-order chi connectivity index (χ0) is 21.0. The monoisotopic (exact) mass is 407 g/mol. The summed E-state index contributed by atoms with van der Waals surface area (Å²) in [4.78, 5) is 4.85. The van der Waals surface area contributed by atoms with Crippen molar-refractivity contribution in [3.05, 3.63) is 48.3 Å². The molecule has 2 aromatic rings. The van der Waals surface area contributed by atoms with Crippen molar-refractivity contribution in [2.75, 3.05) is 6.61 Å².